The van der Waals surface area contributed by atoms with Crippen LogP contribution in [0.2, 0.25) is 0 Å². The van der Waals surface area contributed by atoms with Crippen LogP contribution in [0.4, 0.5) is 4.39 Å². The second-order valence-electron chi connectivity index (χ2n) is 4.85. The van der Waals surface area contributed by atoms with Gasteiger partial charge < -0.3 is 5.32 Å². The third kappa shape index (κ3) is 3.65. The Kier molecular flexibility index (Phi) is 4.69. The highest BCUT2D eigenvalue weighted by atomic mass is 19.1. The first kappa shape index (κ1) is 13.8. The summed E-state index contributed by atoms with van der Waals surface area (Å²) in [6.45, 7) is 5.66. The summed E-state index contributed by atoms with van der Waals surface area (Å²) >= 11 is 0. The van der Waals surface area contributed by atoms with E-state index in [2.05, 4.69) is 12.2 Å². The van der Waals surface area contributed by atoms with Crippen molar-refractivity contribution < 1.29 is 4.39 Å². The van der Waals surface area contributed by atoms with Crippen LogP contribution < -0.4 is 5.32 Å². The first-order valence-corrected chi connectivity index (χ1v) is 6.77. The normalized spacial score (nSPS) is 10.7. The molecular formula is C17H20FN. The first-order chi connectivity index (χ1) is 9.20. The van der Waals surface area contributed by atoms with Gasteiger partial charge >= 0.3 is 0 Å². The van der Waals surface area contributed by atoms with E-state index < -0.39 is 0 Å². The monoisotopic (exact) mass is 257 g/mol. The molecule has 100 valence electrons. The highest BCUT2D eigenvalue weighted by molar-refractivity contribution is 5.64. The maximum absolute atomic E-state index is 14.0. The third-order valence-electron chi connectivity index (χ3n) is 3.18. The average molecular weight is 257 g/mol. The molecule has 0 saturated carbocycles. The van der Waals surface area contributed by atoms with E-state index in [0.29, 0.717) is 6.54 Å². The fourth-order valence-corrected chi connectivity index (χ4v) is 2.02. The molecule has 0 aliphatic heterocycles. The lowest BCUT2D eigenvalue weighted by Crippen LogP contribution is -2.14. The van der Waals surface area contributed by atoms with E-state index in [-0.39, 0.29) is 5.82 Å². The van der Waals surface area contributed by atoms with E-state index in [1.54, 1.807) is 6.07 Å². The van der Waals surface area contributed by atoms with Crippen molar-refractivity contribution in [3.8, 4) is 11.1 Å². The molecule has 1 N–H and O–H groups in total. The smallest absolute Gasteiger partial charge is 0.128 e. The van der Waals surface area contributed by atoms with Crippen molar-refractivity contribution >= 4 is 0 Å². The average Bonchev–Trinajstić information content (AvgIpc) is 2.42. The molecule has 0 radical (unpaired) electrons. The van der Waals surface area contributed by atoms with E-state index in [1.165, 1.54) is 5.56 Å². The molecule has 0 aliphatic carbocycles. The Bertz CT molecular complexity index is 531. The zero-order chi connectivity index (χ0) is 13.7. The van der Waals surface area contributed by atoms with Crippen LogP contribution in [0.25, 0.3) is 11.1 Å². The SMILES string of the molecule is CCCNCc1ccc(-c2ccc(C)cc2)cc1F. The Labute approximate surface area is 114 Å². The highest BCUT2D eigenvalue weighted by Gasteiger charge is 2.04. The maximum atomic E-state index is 14.0. The predicted octanol–water partition coefficient (Wildman–Crippen LogP) is 4.30. The third-order valence-corrected chi connectivity index (χ3v) is 3.18. The fourth-order valence-electron chi connectivity index (χ4n) is 2.02. The van der Waals surface area contributed by atoms with Gasteiger partial charge in [-0.15, -0.1) is 0 Å². The molecule has 0 unspecified atom stereocenters. The zero-order valence-electron chi connectivity index (χ0n) is 11.5. The minimum Gasteiger partial charge on any atom is -0.313 e. The van der Waals surface area contributed by atoms with Crippen LogP contribution in [0.15, 0.2) is 42.5 Å². The summed E-state index contributed by atoms with van der Waals surface area (Å²) in [5.41, 5.74) is 3.92. The molecule has 0 saturated heterocycles. The molecule has 2 rings (SSSR count). The minimum absolute atomic E-state index is 0.137. The fraction of sp³-hybridized carbons (Fsp3) is 0.294. The van der Waals surface area contributed by atoms with Gasteiger partial charge in [0.15, 0.2) is 0 Å². The largest absolute Gasteiger partial charge is 0.313 e. The maximum Gasteiger partial charge on any atom is 0.128 e. The van der Waals surface area contributed by atoms with Crippen LogP contribution in [-0.2, 0) is 6.54 Å². The van der Waals surface area contributed by atoms with Gasteiger partial charge in [0.05, 0.1) is 0 Å². The Morgan fingerprint density at radius 3 is 2.32 bits per heavy atom. The number of nitrogens with one attached hydrogen (secondary N) is 1. The van der Waals surface area contributed by atoms with Gasteiger partial charge in [0.2, 0.25) is 0 Å². The number of aryl methyl sites for hydroxylation is 1. The van der Waals surface area contributed by atoms with Crippen molar-refractivity contribution in [3.05, 3.63) is 59.4 Å². The molecule has 0 spiro atoms. The van der Waals surface area contributed by atoms with E-state index >= 15 is 0 Å². The standard InChI is InChI=1S/C17H20FN/c1-3-10-19-12-16-9-8-15(11-17(16)18)14-6-4-13(2)5-7-14/h4-9,11,19H,3,10,12H2,1-2H3. The molecule has 2 aromatic rings. The molecule has 0 heterocycles. The van der Waals surface area contributed by atoms with Crippen LogP contribution in [0.3, 0.4) is 0 Å². The molecule has 0 aromatic heterocycles. The lowest BCUT2D eigenvalue weighted by molar-refractivity contribution is 0.587. The first-order valence-electron chi connectivity index (χ1n) is 6.77. The van der Waals surface area contributed by atoms with Gasteiger partial charge in [0, 0.05) is 12.1 Å². The Morgan fingerprint density at radius 1 is 1.00 bits per heavy atom. The molecule has 0 atom stereocenters. The summed E-state index contributed by atoms with van der Waals surface area (Å²) in [7, 11) is 0. The topological polar surface area (TPSA) is 12.0 Å². The van der Waals surface area contributed by atoms with Crippen molar-refractivity contribution in [2.75, 3.05) is 6.54 Å². The van der Waals surface area contributed by atoms with Crippen LogP contribution in [0.5, 0.6) is 0 Å². The molecule has 2 heteroatoms. The van der Waals surface area contributed by atoms with Crippen molar-refractivity contribution in [2.24, 2.45) is 0 Å². The van der Waals surface area contributed by atoms with E-state index in [1.807, 2.05) is 43.3 Å². The molecule has 1 nitrogen and oxygen atoms in total. The highest BCUT2D eigenvalue weighted by Crippen LogP contribution is 2.22. The molecular weight excluding hydrogens is 237 g/mol. The number of hydrogen-bond donors (Lipinski definition) is 1. The summed E-state index contributed by atoms with van der Waals surface area (Å²) in [6.07, 6.45) is 1.06. The minimum atomic E-state index is -0.137. The van der Waals surface area contributed by atoms with Crippen molar-refractivity contribution in [1.82, 2.24) is 5.32 Å². The predicted molar refractivity (Wildman–Crippen MR) is 78.6 cm³/mol. The summed E-state index contributed by atoms with van der Waals surface area (Å²) in [5, 5.41) is 3.22. The van der Waals surface area contributed by atoms with Crippen LogP contribution in [-0.4, -0.2) is 6.54 Å². The van der Waals surface area contributed by atoms with Gasteiger partial charge in [0.25, 0.3) is 0 Å². The molecule has 2 aromatic carbocycles. The molecule has 0 amide bonds. The van der Waals surface area contributed by atoms with Gasteiger partial charge in [-0.05, 0) is 37.1 Å². The molecule has 0 bridgehead atoms. The Balaban J connectivity index is 2.16. The summed E-state index contributed by atoms with van der Waals surface area (Å²) in [4.78, 5) is 0. The van der Waals surface area contributed by atoms with E-state index in [4.69, 9.17) is 0 Å². The van der Waals surface area contributed by atoms with Gasteiger partial charge in [-0.25, -0.2) is 4.39 Å². The lowest BCUT2D eigenvalue weighted by Gasteiger charge is -2.08. The van der Waals surface area contributed by atoms with Gasteiger partial charge in [-0.3, -0.25) is 0 Å². The number of halogens is 1. The van der Waals surface area contributed by atoms with Crippen LogP contribution in [0.1, 0.15) is 24.5 Å². The zero-order valence-corrected chi connectivity index (χ0v) is 11.5. The number of benzene rings is 2. The van der Waals surface area contributed by atoms with E-state index in [9.17, 15) is 4.39 Å². The van der Waals surface area contributed by atoms with Crippen molar-refractivity contribution in [1.29, 1.82) is 0 Å². The second kappa shape index (κ2) is 6.48. The quantitative estimate of drug-likeness (QED) is 0.787. The van der Waals surface area contributed by atoms with Crippen molar-refractivity contribution in [3.63, 3.8) is 0 Å². The summed E-state index contributed by atoms with van der Waals surface area (Å²) in [5.74, 6) is -0.137. The van der Waals surface area contributed by atoms with Gasteiger partial charge in [-0.2, -0.15) is 0 Å². The molecule has 19 heavy (non-hydrogen) atoms. The lowest BCUT2D eigenvalue weighted by atomic mass is 10.0. The van der Waals surface area contributed by atoms with Crippen LogP contribution in [0, 0.1) is 12.7 Å². The summed E-state index contributed by atoms with van der Waals surface area (Å²) < 4.78 is 14.0. The number of rotatable bonds is 5. The Morgan fingerprint density at radius 2 is 1.68 bits per heavy atom. The molecule has 0 fully saturated rings. The summed E-state index contributed by atoms with van der Waals surface area (Å²) in [6, 6.07) is 13.6. The second-order valence-corrected chi connectivity index (χ2v) is 4.85. The molecule has 0 aliphatic rings. The van der Waals surface area contributed by atoms with Gasteiger partial charge in [0.1, 0.15) is 5.82 Å². The number of hydrogen-bond acceptors (Lipinski definition) is 1. The van der Waals surface area contributed by atoms with E-state index in [0.717, 1.165) is 29.7 Å². The van der Waals surface area contributed by atoms with Gasteiger partial charge in [-0.1, -0.05) is 48.9 Å². The van der Waals surface area contributed by atoms with Crippen LogP contribution >= 0.6 is 0 Å². The van der Waals surface area contributed by atoms with Crippen molar-refractivity contribution in [2.45, 2.75) is 26.8 Å². The Hall–Kier alpha value is -1.67.